The lowest BCUT2D eigenvalue weighted by Crippen LogP contribution is -2.39. The zero-order valence-corrected chi connectivity index (χ0v) is 10.2. The third-order valence-electron chi connectivity index (χ3n) is 2.22. The van der Waals surface area contributed by atoms with Crippen LogP contribution in [0.15, 0.2) is 28.7 Å². The lowest BCUT2D eigenvalue weighted by atomic mass is 10.3. The second-order valence-corrected chi connectivity index (χ2v) is 4.35. The fourth-order valence-corrected chi connectivity index (χ4v) is 1.66. The summed E-state index contributed by atoms with van der Waals surface area (Å²) in [6, 6.07) is 7.39. The molecule has 1 fully saturated rings. The van der Waals surface area contributed by atoms with Gasteiger partial charge in [-0.25, -0.2) is 0 Å². The zero-order chi connectivity index (χ0) is 11.4. The largest absolute Gasteiger partial charge is 0.376 e. The Morgan fingerprint density at radius 2 is 2.06 bits per heavy atom. The van der Waals surface area contributed by atoms with Crippen LogP contribution in [0.3, 0.4) is 0 Å². The molecule has 1 aromatic rings. The molecule has 0 aromatic heterocycles. The molecule has 0 bridgehead atoms. The van der Waals surface area contributed by atoms with E-state index in [0.29, 0.717) is 19.8 Å². The Hall–Kier alpha value is -0.910. The van der Waals surface area contributed by atoms with Crippen molar-refractivity contribution in [1.29, 1.82) is 0 Å². The molecule has 86 valence electrons. The lowest BCUT2D eigenvalue weighted by Gasteiger charge is -2.22. The first-order chi connectivity index (χ1) is 7.75. The molecule has 2 rings (SSSR count). The van der Waals surface area contributed by atoms with Gasteiger partial charge in [-0.3, -0.25) is 4.79 Å². The molecule has 0 saturated carbocycles. The van der Waals surface area contributed by atoms with Crippen molar-refractivity contribution in [2.75, 3.05) is 25.1 Å². The van der Waals surface area contributed by atoms with Gasteiger partial charge in [-0.05, 0) is 24.3 Å². The minimum atomic E-state index is -0.502. The third kappa shape index (κ3) is 3.04. The summed E-state index contributed by atoms with van der Waals surface area (Å²) in [7, 11) is 0. The topological polar surface area (TPSA) is 47.6 Å². The quantitative estimate of drug-likeness (QED) is 0.902. The van der Waals surface area contributed by atoms with Gasteiger partial charge in [0.05, 0.1) is 19.8 Å². The van der Waals surface area contributed by atoms with Crippen molar-refractivity contribution >= 4 is 27.5 Å². The highest BCUT2D eigenvalue weighted by Crippen LogP contribution is 2.14. The molecule has 1 aliphatic rings. The molecule has 1 aliphatic heterocycles. The first kappa shape index (κ1) is 11.6. The van der Waals surface area contributed by atoms with Gasteiger partial charge in [0.1, 0.15) is 0 Å². The molecule has 16 heavy (non-hydrogen) atoms. The van der Waals surface area contributed by atoms with Crippen LogP contribution in [0.1, 0.15) is 0 Å². The number of halogens is 1. The molecule has 0 aliphatic carbocycles. The maximum atomic E-state index is 11.7. The van der Waals surface area contributed by atoms with Crippen molar-refractivity contribution in [3.05, 3.63) is 28.7 Å². The minimum Gasteiger partial charge on any atom is -0.376 e. The van der Waals surface area contributed by atoms with E-state index in [1.807, 2.05) is 24.3 Å². The standard InChI is InChI=1S/C11H12BrNO3/c12-8-1-3-9(4-2-8)13-11(14)10-7-15-5-6-16-10/h1-4,10H,5-7H2,(H,13,14). The number of benzene rings is 1. The summed E-state index contributed by atoms with van der Waals surface area (Å²) in [4.78, 5) is 11.7. The Morgan fingerprint density at radius 3 is 2.69 bits per heavy atom. The van der Waals surface area contributed by atoms with Crippen molar-refractivity contribution in [3.8, 4) is 0 Å². The highest BCUT2D eigenvalue weighted by molar-refractivity contribution is 9.10. The maximum absolute atomic E-state index is 11.7. The lowest BCUT2D eigenvalue weighted by molar-refractivity contribution is -0.142. The van der Waals surface area contributed by atoms with E-state index in [9.17, 15) is 4.79 Å². The number of amides is 1. The Labute approximate surface area is 102 Å². The van der Waals surface area contributed by atoms with Crippen molar-refractivity contribution in [1.82, 2.24) is 0 Å². The molecule has 1 saturated heterocycles. The van der Waals surface area contributed by atoms with E-state index in [1.165, 1.54) is 0 Å². The fourth-order valence-electron chi connectivity index (χ4n) is 1.40. The molecule has 1 atom stereocenters. The molecule has 0 radical (unpaired) electrons. The Balaban J connectivity index is 1.93. The molecular weight excluding hydrogens is 274 g/mol. The van der Waals surface area contributed by atoms with Gasteiger partial charge >= 0.3 is 0 Å². The van der Waals surface area contributed by atoms with Crippen LogP contribution in [0.25, 0.3) is 0 Å². The smallest absolute Gasteiger partial charge is 0.255 e. The van der Waals surface area contributed by atoms with Crippen molar-refractivity contribution in [3.63, 3.8) is 0 Å². The number of nitrogens with one attached hydrogen (secondary N) is 1. The number of rotatable bonds is 2. The molecule has 1 amide bonds. The van der Waals surface area contributed by atoms with Gasteiger partial charge in [-0.15, -0.1) is 0 Å². The summed E-state index contributed by atoms with van der Waals surface area (Å²) in [6.45, 7) is 1.35. The van der Waals surface area contributed by atoms with Gasteiger partial charge in [-0.1, -0.05) is 15.9 Å². The monoisotopic (exact) mass is 285 g/mol. The van der Waals surface area contributed by atoms with E-state index >= 15 is 0 Å². The van der Waals surface area contributed by atoms with Crippen LogP contribution >= 0.6 is 15.9 Å². The summed E-state index contributed by atoms with van der Waals surface area (Å²) >= 11 is 3.33. The molecule has 5 heteroatoms. The van der Waals surface area contributed by atoms with E-state index in [2.05, 4.69) is 21.2 Å². The predicted octanol–water partition coefficient (Wildman–Crippen LogP) is 1.80. The first-order valence-electron chi connectivity index (χ1n) is 5.01. The van der Waals surface area contributed by atoms with Crippen LogP contribution in [0.4, 0.5) is 5.69 Å². The normalized spacial score (nSPS) is 20.4. The van der Waals surface area contributed by atoms with Crippen LogP contribution < -0.4 is 5.32 Å². The van der Waals surface area contributed by atoms with E-state index in [-0.39, 0.29) is 5.91 Å². The van der Waals surface area contributed by atoms with E-state index < -0.39 is 6.10 Å². The minimum absolute atomic E-state index is 0.165. The fraction of sp³-hybridized carbons (Fsp3) is 0.364. The summed E-state index contributed by atoms with van der Waals surface area (Å²) in [5.41, 5.74) is 0.752. The van der Waals surface area contributed by atoms with Gasteiger partial charge in [0.25, 0.3) is 5.91 Å². The Kier molecular flexibility index (Phi) is 3.93. The van der Waals surface area contributed by atoms with Gasteiger partial charge in [-0.2, -0.15) is 0 Å². The van der Waals surface area contributed by atoms with Crippen LogP contribution in [-0.2, 0) is 14.3 Å². The van der Waals surface area contributed by atoms with Crippen LogP contribution in [-0.4, -0.2) is 31.8 Å². The third-order valence-corrected chi connectivity index (χ3v) is 2.75. The molecular formula is C11H12BrNO3. The van der Waals surface area contributed by atoms with Gasteiger partial charge in [0.15, 0.2) is 6.10 Å². The number of ether oxygens (including phenoxy) is 2. The van der Waals surface area contributed by atoms with E-state index in [1.54, 1.807) is 0 Å². The molecule has 1 heterocycles. The van der Waals surface area contributed by atoms with Crippen molar-refractivity contribution < 1.29 is 14.3 Å². The number of carbonyl (C=O) groups excluding carboxylic acids is 1. The van der Waals surface area contributed by atoms with Crippen LogP contribution in [0, 0.1) is 0 Å². The van der Waals surface area contributed by atoms with Gasteiger partial charge in [0.2, 0.25) is 0 Å². The van der Waals surface area contributed by atoms with E-state index in [4.69, 9.17) is 9.47 Å². The Bertz CT molecular complexity index is 360. The summed E-state index contributed by atoms with van der Waals surface area (Å²) in [6.07, 6.45) is -0.502. The number of hydrogen-bond acceptors (Lipinski definition) is 3. The SMILES string of the molecule is O=C(Nc1ccc(Br)cc1)C1COCCO1. The highest BCUT2D eigenvalue weighted by atomic mass is 79.9. The summed E-state index contributed by atoms with van der Waals surface area (Å²) < 4.78 is 11.4. The van der Waals surface area contributed by atoms with E-state index in [0.717, 1.165) is 10.2 Å². The van der Waals surface area contributed by atoms with Crippen LogP contribution in [0.5, 0.6) is 0 Å². The number of carbonyl (C=O) groups is 1. The van der Waals surface area contributed by atoms with Crippen molar-refractivity contribution in [2.45, 2.75) is 6.10 Å². The van der Waals surface area contributed by atoms with Crippen molar-refractivity contribution in [2.24, 2.45) is 0 Å². The van der Waals surface area contributed by atoms with Gasteiger partial charge < -0.3 is 14.8 Å². The molecule has 1 N–H and O–H groups in total. The average Bonchev–Trinajstić information content (AvgIpc) is 2.33. The first-order valence-corrected chi connectivity index (χ1v) is 5.81. The number of anilines is 1. The maximum Gasteiger partial charge on any atom is 0.255 e. The second kappa shape index (κ2) is 5.43. The Morgan fingerprint density at radius 1 is 1.31 bits per heavy atom. The predicted molar refractivity (Wildman–Crippen MR) is 63.3 cm³/mol. The molecule has 0 spiro atoms. The van der Waals surface area contributed by atoms with Gasteiger partial charge in [0, 0.05) is 10.2 Å². The summed E-state index contributed by atoms with van der Waals surface area (Å²) in [5, 5.41) is 2.77. The number of hydrogen-bond donors (Lipinski definition) is 1. The second-order valence-electron chi connectivity index (χ2n) is 3.43. The summed E-state index contributed by atoms with van der Waals surface area (Å²) in [5.74, 6) is -0.165. The molecule has 1 aromatic carbocycles. The average molecular weight is 286 g/mol. The molecule has 1 unspecified atom stereocenters. The zero-order valence-electron chi connectivity index (χ0n) is 8.61. The highest BCUT2D eigenvalue weighted by Gasteiger charge is 2.22. The molecule has 4 nitrogen and oxygen atoms in total. The van der Waals surface area contributed by atoms with Crippen LogP contribution in [0.2, 0.25) is 0 Å².